The molecule has 1 amide bonds. The third-order valence-corrected chi connectivity index (χ3v) is 6.00. The molecule has 2 N–H and O–H groups in total. The molecular weight excluding hydrogens is 384 g/mol. The fraction of sp³-hybridized carbons (Fsp3) is 0.455. The zero-order valence-electron chi connectivity index (χ0n) is 17.6. The van der Waals surface area contributed by atoms with Gasteiger partial charge in [-0.2, -0.15) is 0 Å². The third kappa shape index (κ3) is 5.50. The quantitative estimate of drug-likeness (QED) is 0.562. The molecule has 1 aliphatic rings. The summed E-state index contributed by atoms with van der Waals surface area (Å²) in [4.78, 5) is 19.7. The molecule has 7 heteroatoms. The number of guanidine groups is 1. The number of hydrogen-bond acceptors (Lipinski definition) is 4. The molecule has 0 saturated carbocycles. The summed E-state index contributed by atoms with van der Waals surface area (Å²) in [6, 6.07) is 10.5. The van der Waals surface area contributed by atoms with Gasteiger partial charge in [0.1, 0.15) is 5.75 Å². The maximum Gasteiger partial charge on any atom is 0.225 e. The standard InChI is InChI=1S/C22H30N4O2S/c1-15(2)21(27)26-10-9-18(13-26)25-22(23-3)24-12-20-11-17(14-29-20)16-5-7-19(28-4)8-6-16/h5-8,11,14-15,18H,9-10,12-13H2,1-4H3,(H2,23,24,25). The van der Waals surface area contributed by atoms with Gasteiger partial charge in [0.15, 0.2) is 5.96 Å². The van der Waals surface area contributed by atoms with Crippen LogP contribution in [0.4, 0.5) is 0 Å². The van der Waals surface area contributed by atoms with Crippen molar-refractivity contribution in [2.24, 2.45) is 10.9 Å². The first-order valence-corrected chi connectivity index (χ1v) is 10.9. The van der Waals surface area contributed by atoms with Crippen LogP contribution in [-0.4, -0.2) is 50.1 Å². The van der Waals surface area contributed by atoms with Gasteiger partial charge in [0.05, 0.1) is 13.7 Å². The molecule has 1 aromatic heterocycles. The monoisotopic (exact) mass is 414 g/mol. The predicted molar refractivity (Wildman–Crippen MR) is 119 cm³/mol. The predicted octanol–water partition coefficient (Wildman–Crippen LogP) is 3.35. The Hall–Kier alpha value is -2.54. The number of nitrogens with one attached hydrogen (secondary N) is 2. The molecule has 2 aromatic rings. The molecule has 2 heterocycles. The molecule has 1 atom stereocenters. The summed E-state index contributed by atoms with van der Waals surface area (Å²) >= 11 is 1.73. The molecule has 1 aromatic carbocycles. The van der Waals surface area contributed by atoms with Gasteiger partial charge < -0.3 is 20.3 Å². The van der Waals surface area contributed by atoms with E-state index in [0.717, 1.165) is 31.2 Å². The Kier molecular flexibility index (Phi) is 7.14. The minimum absolute atomic E-state index is 0.0462. The smallest absolute Gasteiger partial charge is 0.225 e. The second kappa shape index (κ2) is 9.78. The molecular formula is C22H30N4O2S. The average molecular weight is 415 g/mol. The molecule has 0 aliphatic carbocycles. The van der Waals surface area contributed by atoms with Crippen molar-refractivity contribution in [3.8, 4) is 16.9 Å². The Bertz CT molecular complexity index is 845. The van der Waals surface area contributed by atoms with Crippen LogP contribution in [-0.2, 0) is 11.3 Å². The van der Waals surface area contributed by atoms with Gasteiger partial charge in [0, 0.05) is 37.0 Å². The number of ether oxygens (including phenoxy) is 1. The number of carbonyl (C=O) groups excluding carboxylic acids is 1. The summed E-state index contributed by atoms with van der Waals surface area (Å²) in [5.74, 6) is 1.90. The molecule has 29 heavy (non-hydrogen) atoms. The second-order valence-corrected chi connectivity index (χ2v) is 8.52. The number of benzene rings is 1. The van der Waals surface area contributed by atoms with Gasteiger partial charge in [-0.1, -0.05) is 26.0 Å². The van der Waals surface area contributed by atoms with Crippen LogP contribution in [0.25, 0.3) is 11.1 Å². The molecule has 1 saturated heterocycles. The van der Waals surface area contributed by atoms with Crippen LogP contribution >= 0.6 is 11.3 Å². The molecule has 6 nitrogen and oxygen atoms in total. The molecule has 1 unspecified atom stereocenters. The van der Waals surface area contributed by atoms with Crippen LogP contribution in [0, 0.1) is 5.92 Å². The zero-order valence-corrected chi connectivity index (χ0v) is 18.4. The number of aliphatic imine (C=N–C) groups is 1. The van der Waals surface area contributed by atoms with E-state index in [0.29, 0.717) is 6.54 Å². The van der Waals surface area contributed by atoms with Gasteiger partial charge in [-0.25, -0.2) is 0 Å². The van der Waals surface area contributed by atoms with Gasteiger partial charge in [-0.3, -0.25) is 9.79 Å². The van der Waals surface area contributed by atoms with Crippen LogP contribution in [0.15, 0.2) is 40.7 Å². The maximum absolute atomic E-state index is 12.2. The Morgan fingerprint density at radius 3 is 2.72 bits per heavy atom. The van der Waals surface area contributed by atoms with E-state index in [1.165, 1.54) is 16.0 Å². The zero-order chi connectivity index (χ0) is 20.8. The van der Waals surface area contributed by atoms with E-state index in [9.17, 15) is 4.79 Å². The van der Waals surface area contributed by atoms with Crippen molar-refractivity contribution in [2.45, 2.75) is 32.9 Å². The fourth-order valence-corrected chi connectivity index (χ4v) is 4.24. The minimum Gasteiger partial charge on any atom is -0.497 e. The lowest BCUT2D eigenvalue weighted by molar-refractivity contribution is -0.133. The van der Waals surface area contributed by atoms with Crippen LogP contribution in [0.1, 0.15) is 25.1 Å². The molecule has 0 bridgehead atoms. The van der Waals surface area contributed by atoms with Crippen molar-refractivity contribution in [3.63, 3.8) is 0 Å². The lowest BCUT2D eigenvalue weighted by atomic mass is 10.1. The van der Waals surface area contributed by atoms with Crippen LogP contribution < -0.4 is 15.4 Å². The van der Waals surface area contributed by atoms with Gasteiger partial charge in [0.2, 0.25) is 5.91 Å². The highest BCUT2D eigenvalue weighted by Gasteiger charge is 2.27. The number of carbonyl (C=O) groups is 1. The topological polar surface area (TPSA) is 66.0 Å². The lowest BCUT2D eigenvalue weighted by Crippen LogP contribution is -2.45. The first-order valence-electron chi connectivity index (χ1n) is 9.98. The first kappa shape index (κ1) is 21.2. The first-order chi connectivity index (χ1) is 14.0. The SMILES string of the molecule is CN=C(NCc1cc(-c2ccc(OC)cc2)cs1)NC1CCN(C(=O)C(C)C)C1. The number of thiophene rings is 1. The second-order valence-electron chi connectivity index (χ2n) is 7.52. The molecule has 3 rings (SSSR count). The van der Waals surface area contributed by atoms with Crippen molar-refractivity contribution < 1.29 is 9.53 Å². The molecule has 1 fully saturated rings. The number of nitrogens with zero attached hydrogens (tertiary/aromatic N) is 2. The van der Waals surface area contributed by atoms with Crippen molar-refractivity contribution in [1.82, 2.24) is 15.5 Å². The van der Waals surface area contributed by atoms with E-state index < -0.39 is 0 Å². The van der Waals surface area contributed by atoms with E-state index in [1.54, 1.807) is 25.5 Å². The highest BCUT2D eigenvalue weighted by molar-refractivity contribution is 7.10. The number of rotatable bonds is 6. The molecule has 1 aliphatic heterocycles. The number of amides is 1. The normalized spacial score (nSPS) is 16.9. The lowest BCUT2D eigenvalue weighted by Gasteiger charge is -2.20. The summed E-state index contributed by atoms with van der Waals surface area (Å²) in [5.41, 5.74) is 2.38. The van der Waals surface area contributed by atoms with E-state index in [4.69, 9.17) is 4.74 Å². The Morgan fingerprint density at radius 1 is 1.31 bits per heavy atom. The van der Waals surface area contributed by atoms with Gasteiger partial charge in [-0.05, 0) is 41.1 Å². The van der Waals surface area contributed by atoms with E-state index in [-0.39, 0.29) is 17.9 Å². The summed E-state index contributed by atoms with van der Waals surface area (Å²) in [5, 5.41) is 9.00. The average Bonchev–Trinajstić information content (AvgIpc) is 3.40. The van der Waals surface area contributed by atoms with Gasteiger partial charge >= 0.3 is 0 Å². The van der Waals surface area contributed by atoms with Crippen molar-refractivity contribution in [3.05, 3.63) is 40.6 Å². The Morgan fingerprint density at radius 2 is 2.07 bits per heavy atom. The molecule has 0 radical (unpaired) electrons. The number of hydrogen-bond donors (Lipinski definition) is 2. The highest BCUT2D eigenvalue weighted by Crippen LogP contribution is 2.27. The summed E-state index contributed by atoms with van der Waals surface area (Å²) in [6.45, 7) is 6.15. The Labute approximate surface area is 177 Å². The van der Waals surface area contributed by atoms with Crippen LogP contribution in [0.3, 0.4) is 0 Å². The maximum atomic E-state index is 12.2. The van der Waals surface area contributed by atoms with Crippen molar-refractivity contribution in [2.75, 3.05) is 27.2 Å². The van der Waals surface area contributed by atoms with E-state index in [1.807, 2.05) is 30.9 Å². The van der Waals surface area contributed by atoms with E-state index in [2.05, 4.69) is 39.2 Å². The fourth-order valence-electron chi connectivity index (χ4n) is 3.41. The summed E-state index contributed by atoms with van der Waals surface area (Å²) in [6.07, 6.45) is 0.944. The Balaban J connectivity index is 1.51. The largest absolute Gasteiger partial charge is 0.497 e. The number of likely N-dealkylation sites (tertiary alicyclic amines) is 1. The van der Waals surface area contributed by atoms with Crippen LogP contribution in [0.5, 0.6) is 5.75 Å². The van der Waals surface area contributed by atoms with E-state index >= 15 is 0 Å². The minimum atomic E-state index is 0.0462. The summed E-state index contributed by atoms with van der Waals surface area (Å²) < 4.78 is 5.22. The molecule has 0 spiro atoms. The summed E-state index contributed by atoms with van der Waals surface area (Å²) in [7, 11) is 3.45. The molecule has 156 valence electrons. The van der Waals surface area contributed by atoms with Crippen molar-refractivity contribution in [1.29, 1.82) is 0 Å². The number of methoxy groups -OCH3 is 1. The third-order valence-electron chi connectivity index (χ3n) is 5.07. The van der Waals surface area contributed by atoms with Gasteiger partial charge in [0.25, 0.3) is 0 Å². The highest BCUT2D eigenvalue weighted by atomic mass is 32.1. The van der Waals surface area contributed by atoms with Crippen molar-refractivity contribution >= 4 is 23.2 Å². The van der Waals surface area contributed by atoms with Gasteiger partial charge in [-0.15, -0.1) is 11.3 Å². The van der Waals surface area contributed by atoms with Crippen LogP contribution in [0.2, 0.25) is 0 Å².